The van der Waals surface area contributed by atoms with Gasteiger partial charge in [-0.05, 0) is 19.3 Å². The van der Waals surface area contributed by atoms with Crippen molar-refractivity contribution < 1.29 is 0 Å². The molecule has 0 aromatic carbocycles. The second-order valence-electron chi connectivity index (χ2n) is 4.24. The molecule has 2 N–H and O–H groups in total. The largest absolute Gasteiger partial charge is 0.335 e. The fourth-order valence-electron chi connectivity index (χ4n) is 2.12. The van der Waals surface area contributed by atoms with E-state index in [1.54, 1.807) is 0 Å². The number of hydrogen-bond donors (Lipinski definition) is 1. The molecule has 3 nitrogen and oxygen atoms in total. The first kappa shape index (κ1) is 10.4. The van der Waals surface area contributed by atoms with E-state index in [1.165, 1.54) is 11.4 Å². The van der Waals surface area contributed by atoms with Crippen molar-refractivity contribution in [2.24, 2.45) is 5.73 Å². The Bertz CT molecular complexity index is 352. The number of rotatable bonds is 4. The molecular weight excluding hydrogens is 186 g/mol. The van der Waals surface area contributed by atoms with Crippen molar-refractivity contribution in [3.8, 4) is 0 Å². The van der Waals surface area contributed by atoms with Gasteiger partial charge in [-0.25, -0.2) is 4.98 Å². The molecule has 0 radical (unpaired) electrons. The molecule has 1 heterocycles. The number of hydrogen-bond acceptors (Lipinski definition) is 2. The van der Waals surface area contributed by atoms with Gasteiger partial charge >= 0.3 is 0 Å². The third kappa shape index (κ3) is 2.48. The van der Waals surface area contributed by atoms with Gasteiger partial charge in [-0.1, -0.05) is 18.6 Å². The maximum atomic E-state index is 5.85. The quantitative estimate of drug-likeness (QED) is 0.763. The highest BCUT2D eigenvalue weighted by Gasteiger charge is 2.13. The zero-order valence-electron chi connectivity index (χ0n) is 9.32. The van der Waals surface area contributed by atoms with E-state index in [4.69, 9.17) is 5.73 Å². The Morgan fingerprint density at radius 3 is 3.13 bits per heavy atom. The van der Waals surface area contributed by atoms with Crippen LogP contribution in [-0.4, -0.2) is 15.6 Å². The summed E-state index contributed by atoms with van der Waals surface area (Å²) in [5.74, 6) is 1.18. The molecule has 0 bridgehead atoms. The monoisotopic (exact) mass is 205 g/mol. The molecule has 1 aliphatic rings. The van der Waals surface area contributed by atoms with Crippen LogP contribution in [0.4, 0.5) is 0 Å². The summed E-state index contributed by atoms with van der Waals surface area (Å²) in [4.78, 5) is 4.40. The van der Waals surface area contributed by atoms with Crippen LogP contribution in [-0.2, 0) is 13.0 Å². The summed E-state index contributed by atoms with van der Waals surface area (Å²) < 4.78 is 2.24. The number of allylic oxidation sites excluding steroid dienone is 1. The lowest BCUT2D eigenvalue weighted by Crippen LogP contribution is -2.11. The van der Waals surface area contributed by atoms with Crippen molar-refractivity contribution in [1.82, 2.24) is 9.55 Å². The topological polar surface area (TPSA) is 43.8 Å². The Balaban J connectivity index is 2.04. The van der Waals surface area contributed by atoms with E-state index in [-0.39, 0.29) is 6.04 Å². The van der Waals surface area contributed by atoms with Gasteiger partial charge in [0.15, 0.2) is 0 Å². The van der Waals surface area contributed by atoms with Crippen molar-refractivity contribution in [3.05, 3.63) is 29.9 Å². The van der Waals surface area contributed by atoms with E-state index in [2.05, 4.69) is 28.7 Å². The van der Waals surface area contributed by atoms with Gasteiger partial charge in [0.05, 0.1) is 0 Å². The first-order valence-corrected chi connectivity index (χ1v) is 5.74. The van der Waals surface area contributed by atoms with Gasteiger partial charge < -0.3 is 10.3 Å². The Labute approximate surface area is 91.0 Å². The van der Waals surface area contributed by atoms with Crippen LogP contribution in [0.2, 0.25) is 0 Å². The maximum absolute atomic E-state index is 5.85. The molecule has 1 aromatic heterocycles. The average molecular weight is 205 g/mol. The second-order valence-corrected chi connectivity index (χ2v) is 4.24. The highest BCUT2D eigenvalue weighted by Crippen LogP contribution is 2.20. The SMILES string of the molecule is CCCn1ccnc1CC1=CC(N)CC1. The molecule has 1 aromatic rings. The number of nitrogens with two attached hydrogens (primary N) is 1. The lowest BCUT2D eigenvalue weighted by molar-refractivity contribution is 0.643. The molecule has 0 spiro atoms. The van der Waals surface area contributed by atoms with E-state index in [0.29, 0.717) is 0 Å². The van der Waals surface area contributed by atoms with Gasteiger partial charge in [-0.3, -0.25) is 0 Å². The first-order chi connectivity index (χ1) is 7.29. The molecular formula is C12H19N3. The number of aryl methyl sites for hydroxylation is 1. The van der Waals surface area contributed by atoms with Crippen molar-refractivity contribution >= 4 is 0 Å². The van der Waals surface area contributed by atoms with Crippen LogP contribution in [0.1, 0.15) is 32.0 Å². The summed E-state index contributed by atoms with van der Waals surface area (Å²) in [5, 5.41) is 0. The van der Waals surface area contributed by atoms with Gasteiger partial charge in [0, 0.05) is 31.4 Å². The predicted molar refractivity (Wildman–Crippen MR) is 61.5 cm³/mol. The number of aromatic nitrogens is 2. The summed E-state index contributed by atoms with van der Waals surface area (Å²) in [6, 6.07) is 0.273. The van der Waals surface area contributed by atoms with Crippen LogP contribution in [0.15, 0.2) is 24.0 Å². The third-order valence-electron chi connectivity index (χ3n) is 2.90. The highest BCUT2D eigenvalue weighted by atomic mass is 15.1. The zero-order valence-corrected chi connectivity index (χ0v) is 9.32. The molecule has 1 unspecified atom stereocenters. The lowest BCUT2D eigenvalue weighted by atomic mass is 10.1. The molecule has 0 aliphatic heterocycles. The van der Waals surface area contributed by atoms with Crippen LogP contribution in [0.25, 0.3) is 0 Å². The number of nitrogens with zero attached hydrogens (tertiary/aromatic N) is 2. The smallest absolute Gasteiger partial charge is 0.112 e. The van der Waals surface area contributed by atoms with E-state index in [0.717, 1.165) is 32.2 Å². The van der Waals surface area contributed by atoms with Crippen LogP contribution < -0.4 is 5.73 Å². The average Bonchev–Trinajstić information content (AvgIpc) is 2.78. The number of imidazole rings is 1. The van der Waals surface area contributed by atoms with Gasteiger partial charge in [0.25, 0.3) is 0 Å². The summed E-state index contributed by atoms with van der Waals surface area (Å²) in [6.45, 7) is 3.25. The van der Waals surface area contributed by atoms with E-state index >= 15 is 0 Å². The zero-order chi connectivity index (χ0) is 10.7. The lowest BCUT2D eigenvalue weighted by Gasteiger charge is -2.06. The van der Waals surface area contributed by atoms with Crippen molar-refractivity contribution in [2.75, 3.05) is 0 Å². The van der Waals surface area contributed by atoms with Gasteiger partial charge in [-0.2, -0.15) is 0 Å². The fraction of sp³-hybridized carbons (Fsp3) is 0.583. The van der Waals surface area contributed by atoms with Crippen LogP contribution in [0, 0.1) is 0 Å². The Hall–Kier alpha value is -1.09. The third-order valence-corrected chi connectivity index (χ3v) is 2.90. The predicted octanol–water partition coefficient (Wildman–Crippen LogP) is 1.88. The molecule has 0 saturated heterocycles. The van der Waals surface area contributed by atoms with E-state index < -0.39 is 0 Å². The molecule has 0 amide bonds. The Morgan fingerprint density at radius 2 is 2.47 bits per heavy atom. The normalized spacial score (nSPS) is 20.7. The minimum atomic E-state index is 0.273. The molecule has 0 saturated carbocycles. The molecule has 82 valence electrons. The van der Waals surface area contributed by atoms with Gasteiger partial charge in [-0.15, -0.1) is 0 Å². The van der Waals surface area contributed by atoms with Crippen molar-refractivity contribution in [3.63, 3.8) is 0 Å². The van der Waals surface area contributed by atoms with E-state index in [1.807, 2.05) is 6.20 Å². The van der Waals surface area contributed by atoms with Crippen LogP contribution >= 0.6 is 0 Å². The molecule has 3 heteroatoms. The molecule has 1 aliphatic carbocycles. The summed E-state index contributed by atoms with van der Waals surface area (Å²) in [7, 11) is 0. The Kier molecular flexibility index (Phi) is 3.21. The minimum Gasteiger partial charge on any atom is -0.335 e. The second kappa shape index (κ2) is 4.62. The van der Waals surface area contributed by atoms with Crippen molar-refractivity contribution in [2.45, 2.75) is 45.2 Å². The first-order valence-electron chi connectivity index (χ1n) is 5.74. The Morgan fingerprint density at radius 1 is 1.60 bits per heavy atom. The fourth-order valence-corrected chi connectivity index (χ4v) is 2.12. The van der Waals surface area contributed by atoms with Crippen LogP contribution in [0.5, 0.6) is 0 Å². The van der Waals surface area contributed by atoms with E-state index in [9.17, 15) is 0 Å². The molecule has 15 heavy (non-hydrogen) atoms. The van der Waals surface area contributed by atoms with Gasteiger partial charge in [0.1, 0.15) is 5.82 Å². The minimum absolute atomic E-state index is 0.273. The van der Waals surface area contributed by atoms with Crippen molar-refractivity contribution in [1.29, 1.82) is 0 Å². The summed E-state index contributed by atoms with van der Waals surface area (Å²) >= 11 is 0. The standard InChI is InChI=1S/C12H19N3/c1-2-6-15-7-5-14-12(15)9-10-3-4-11(13)8-10/h5,7-8,11H,2-4,6,9,13H2,1H3. The summed E-state index contributed by atoms with van der Waals surface area (Å²) in [5.41, 5.74) is 7.30. The van der Waals surface area contributed by atoms with Crippen LogP contribution in [0.3, 0.4) is 0 Å². The molecule has 2 rings (SSSR count). The summed E-state index contributed by atoms with van der Waals surface area (Å²) in [6.07, 6.45) is 10.5. The molecule has 0 fully saturated rings. The van der Waals surface area contributed by atoms with Gasteiger partial charge in [0.2, 0.25) is 0 Å². The maximum Gasteiger partial charge on any atom is 0.112 e. The highest BCUT2D eigenvalue weighted by molar-refractivity contribution is 5.18. The molecule has 1 atom stereocenters.